The highest BCUT2D eigenvalue weighted by atomic mass is 32.2. The van der Waals surface area contributed by atoms with Crippen LogP contribution in [0.5, 0.6) is 0 Å². The fraction of sp³-hybridized carbons (Fsp3) is 0.286. The third-order valence-electron chi connectivity index (χ3n) is 4.17. The number of nitrogens with zero attached hydrogens (tertiary/aromatic N) is 2. The molecule has 7 heteroatoms. The average Bonchev–Trinajstić information content (AvgIpc) is 3.03. The fourth-order valence-corrected chi connectivity index (χ4v) is 3.79. The van der Waals surface area contributed by atoms with Gasteiger partial charge in [-0.2, -0.15) is 0 Å². The van der Waals surface area contributed by atoms with Crippen molar-refractivity contribution in [3.05, 3.63) is 53.6 Å². The summed E-state index contributed by atoms with van der Waals surface area (Å²) in [5, 5.41) is 3.65. The maximum Gasteiger partial charge on any atom is 0.338 e. The molecular formula is C21H23N3O3S. The molecule has 146 valence electrons. The topological polar surface area (TPSA) is 73.2 Å². The molecular weight excluding hydrogens is 374 g/mol. The summed E-state index contributed by atoms with van der Waals surface area (Å²) in [6.45, 7) is 6.84. The number of amides is 1. The van der Waals surface area contributed by atoms with Crippen molar-refractivity contribution in [1.82, 2.24) is 9.55 Å². The van der Waals surface area contributed by atoms with Gasteiger partial charge in [0, 0.05) is 12.2 Å². The maximum absolute atomic E-state index is 12.3. The van der Waals surface area contributed by atoms with Gasteiger partial charge in [-0.15, -0.1) is 0 Å². The van der Waals surface area contributed by atoms with Crippen LogP contribution in [0.4, 0.5) is 5.69 Å². The molecule has 0 aliphatic rings. The lowest BCUT2D eigenvalue weighted by atomic mass is 10.2. The number of benzene rings is 2. The summed E-state index contributed by atoms with van der Waals surface area (Å²) >= 11 is 1.38. The van der Waals surface area contributed by atoms with Crippen molar-refractivity contribution < 1.29 is 14.3 Å². The summed E-state index contributed by atoms with van der Waals surface area (Å²) in [7, 11) is 0. The van der Waals surface area contributed by atoms with Crippen molar-refractivity contribution in [3.8, 4) is 0 Å². The number of hydrogen-bond donors (Lipinski definition) is 1. The standard InChI is InChI=1S/C21H23N3O3S/c1-4-24-18-10-9-15(20(26)27-5-2)12-17(18)23-21(24)28-13-19(25)22-16-8-6-7-14(3)11-16/h6-12H,4-5,13H2,1-3H3,(H,22,25). The van der Waals surface area contributed by atoms with Gasteiger partial charge in [0.25, 0.3) is 0 Å². The normalized spacial score (nSPS) is 10.8. The van der Waals surface area contributed by atoms with Gasteiger partial charge in [0.15, 0.2) is 5.16 Å². The van der Waals surface area contributed by atoms with E-state index in [9.17, 15) is 9.59 Å². The molecule has 1 aromatic heterocycles. The Hall–Kier alpha value is -2.80. The molecule has 0 aliphatic heterocycles. The van der Waals surface area contributed by atoms with E-state index in [0.29, 0.717) is 17.7 Å². The Kier molecular flexibility index (Phi) is 6.36. The van der Waals surface area contributed by atoms with E-state index in [1.807, 2.05) is 48.7 Å². The van der Waals surface area contributed by atoms with Crippen LogP contribution in [0.25, 0.3) is 11.0 Å². The highest BCUT2D eigenvalue weighted by Gasteiger charge is 2.15. The van der Waals surface area contributed by atoms with E-state index >= 15 is 0 Å². The molecule has 0 fully saturated rings. The second-order valence-corrected chi connectivity index (χ2v) is 7.21. The third kappa shape index (κ3) is 4.54. The predicted molar refractivity (Wildman–Crippen MR) is 112 cm³/mol. The van der Waals surface area contributed by atoms with Crippen LogP contribution in [0.1, 0.15) is 29.8 Å². The Labute approximate surface area is 168 Å². The van der Waals surface area contributed by atoms with Gasteiger partial charge >= 0.3 is 5.97 Å². The van der Waals surface area contributed by atoms with Crippen LogP contribution in [0.2, 0.25) is 0 Å². The highest BCUT2D eigenvalue weighted by molar-refractivity contribution is 7.99. The monoisotopic (exact) mass is 397 g/mol. The number of esters is 1. The number of aryl methyl sites for hydroxylation is 2. The smallest absolute Gasteiger partial charge is 0.338 e. The van der Waals surface area contributed by atoms with Gasteiger partial charge in [-0.25, -0.2) is 9.78 Å². The van der Waals surface area contributed by atoms with E-state index < -0.39 is 0 Å². The zero-order valence-corrected chi connectivity index (χ0v) is 17.0. The van der Waals surface area contributed by atoms with E-state index in [2.05, 4.69) is 10.3 Å². The molecule has 0 atom stereocenters. The summed E-state index contributed by atoms with van der Waals surface area (Å²) in [5.41, 5.74) is 4.00. The number of anilines is 1. The van der Waals surface area contributed by atoms with Crippen molar-refractivity contribution in [3.63, 3.8) is 0 Å². The Morgan fingerprint density at radius 2 is 2.00 bits per heavy atom. The van der Waals surface area contributed by atoms with Crippen LogP contribution >= 0.6 is 11.8 Å². The number of ether oxygens (including phenoxy) is 1. The number of imidazole rings is 1. The van der Waals surface area contributed by atoms with E-state index in [0.717, 1.165) is 28.5 Å². The predicted octanol–water partition coefficient (Wildman–Crippen LogP) is 4.27. The molecule has 0 unspecified atom stereocenters. The molecule has 0 saturated heterocycles. The minimum absolute atomic E-state index is 0.0856. The minimum atomic E-state index is -0.359. The van der Waals surface area contributed by atoms with Crippen LogP contribution in [-0.2, 0) is 16.1 Å². The lowest BCUT2D eigenvalue weighted by Crippen LogP contribution is -2.14. The van der Waals surface area contributed by atoms with Crippen molar-refractivity contribution in [2.24, 2.45) is 0 Å². The van der Waals surface area contributed by atoms with E-state index in [1.54, 1.807) is 19.1 Å². The van der Waals surface area contributed by atoms with E-state index in [1.165, 1.54) is 11.8 Å². The molecule has 28 heavy (non-hydrogen) atoms. The lowest BCUT2D eigenvalue weighted by Gasteiger charge is -2.07. The zero-order chi connectivity index (χ0) is 20.1. The average molecular weight is 398 g/mol. The van der Waals surface area contributed by atoms with Crippen LogP contribution in [0.3, 0.4) is 0 Å². The maximum atomic E-state index is 12.3. The lowest BCUT2D eigenvalue weighted by molar-refractivity contribution is -0.113. The first kappa shape index (κ1) is 19.9. The van der Waals surface area contributed by atoms with E-state index in [4.69, 9.17) is 4.74 Å². The van der Waals surface area contributed by atoms with Gasteiger partial charge < -0.3 is 14.6 Å². The molecule has 0 aliphatic carbocycles. The van der Waals surface area contributed by atoms with Crippen molar-refractivity contribution in [1.29, 1.82) is 0 Å². The fourth-order valence-electron chi connectivity index (χ4n) is 2.91. The first-order valence-electron chi connectivity index (χ1n) is 9.18. The summed E-state index contributed by atoms with van der Waals surface area (Å²) in [6, 6.07) is 13.0. The SMILES string of the molecule is CCOC(=O)c1ccc2c(c1)nc(SCC(=O)Nc1cccc(C)c1)n2CC. The zero-order valence-electron chi connectivity index (χ0n) is 16.2. The Morgan fingerprint density at radius 3 is 2.71 bits per heavy atom. The van der Waals surface area contributed by atoms with Gasteiger partial charge in [-0.3, -0.25) is 4.79 Å². The molecule has 0 saturated carbocycles. The van der Waals surface area contributed by atoms with E-state index in [-0.39, 0.29) is 17.6 Å². The third-order valence-corrected chi connectivity index (χ3v) is 5.15. The number of carbonyl (C=O) groups excluding carboxylic acids is 2. The molecule has 3 rings (SSSR count). The van der Waals surface area contributed by atoms with Gasteiger partial charge in [-0.05, 0) is 56.7 Å². The molecule has 1 heterocycles. The summed E-state index contributed by atoms with van der Waals surface area (Å²) in [5.74, 6) is -0.193. The van der Waals surface area contributed by atoms with Gasteiger partial charge in [0.05, 0.1) is 29.0 Å². The number of aromatic nitrogens is 2. The summed E-state index contributed by atoms with van der Waals surface area (Å²) < 4.78 is 7.09. The number of thioether (sulfide) groups is 1. The second kappa shape index (κ2) is 8.93. The second-order valence-electron chi connectivity index (χ2n) is 6.27. The molecule has 6 nitrogen and oxygen atoms in total. The van der Waals surface area contributed by atoms with Gasteiger partial charge in [0.1, 0.15) is 0 Å². The van der Waals surface area contributed by atoms with Crippen LogP contribution in [0, 0.1) is 6.92 Å². The van der Waals surface area contributed by atoms with Gasteiger partial charge in [0.2, 0.25) is 5.91 Å². The van der Waals surface area contributed by atoms with Crippen LogP contribution < -0.4 is 5.32 Å². The first-order valence-corrected chi connectivity index (χ1v) is 10.2. The number of carbonyl (C=O) groups is 2. The molecule has 3 aromatic rings. The molecule has 0 bridgehead atoms. The first-order chi connectivity index (χ1) is 13.5. The summed E-state index contributed by atoms with van der Waals surface area (Å²) in [4.78, 5) is 28.9. The Morgan fingerprint density at radius 1 is 1.18 bits per heavy atom. The van der Waals surface area contributed by atoms with Crippen molar-refractivity contribution in [2.75, 3.05) is 17.7 Å². The molecule has 1 amide bonds. The molecule has 0 spiro atoms. The van der Waals surface area contributed by atoms with Crippen LogP contribution in [0.15, 0.2) is 47.6 Å². The Bertz CT molecular complexity index is 1010. The number of rotatable bonds is 7. The Balaban J connectivity index is 1.74. The molecule has 1 N–H and O–H groups in total. The quantitative estimate of drug-likeness (QED) is 0.476. The van der Waals surface area contributed by atoms with Crippen molar-refractivity contribution in [2.45, 2.75) is 32.5 Å². The number of nitrogens with one attached hydrogen (secondary N) is 1. The van der Waals surface area contributed by atoms with Crippen molar-refractivity contribution >= 4 is 40.4 Å². The molecule has 0 radical (unpaired) electrons. The van der Waals surface area contributed by atoms with Crippen LogP contribution in [-0.4, -0.2) is 33.8 Å². The largest absolute Gasteiger partial charge is 0.462 e. The summed E-state index contributed by atoms with van der Waals surface area (Å²) in [6.07, 6.45) is 0. The molecule has 2 aromatic carbocycles. The highest BCUT2D eigenvalue weighted by Crippen LogP contribution is 2.25. The minimum Gasteiger partial charge on any atom is -0.462 e. The number of hydrogen-bond acceptors (Lipinski definition) is 5. The van der Waals surface area contributed by atoms with Gasteiger partial charge in [-0.1, -0.05) is 23.9 Å². The number of fused-ring (bicyclic) bond motifs is 1.